The van der Waals surface area contributed by atoms with Gasteiger partial charge in [0, 0.05) is 16.6 Å². The number of hydrogen-bond acceptors (Lipinski definition) is 2. The van der Waals surface area contributed by atoms with Crippen molar-refractivity contribution in [3.05, 3.63) is 51.3 Å². The molecule has 0 unspecified atom stereocenters. The smallest absolute Gasteiger partial charge is 0.212 e. The number of hydrogen-bond donors (Lipinski definition) is 0. The maximum atomic E-state index is 12.5. The molecule has 0 atom stereocenters. The van der Waals surface area contributed by atoms with Crippen LogP contribution in [0, 0.1) is 6.92 Å². The first-order valence-electron chi connectivity index (χ1n) is 5.95. The van der Waals surface area contributed by atoms with Crippen LogP contribution in [0.2, 0.25) is 10.0 Å². The Bertz CT molecular complexity index is 632. The summed E-state index contributed by atoms with van der Waals surface area (Å²) in [6.07, 6.45) is 1.50. The fourth-order valence-electron chi connectivity index (χ4n) is 1.87. The number of aromatic nitrogens is 2. The summed E-state index contributed by atoms with van der Waals surface area (Å²) in [7, 11) is 0. The minimum absolute atomic E-state index is 0.0693. The van der Waals surface area contributed by atoms with Crippen molar-refractivity contribution in [1.82, 2.24) is 9.78 Å². The summed E-state index contributed by atoms with van der Waals surface area (Å²) in [6, 6.07) is 5.25. The molecule has 3 nitrogen and oxygen atoms in total. The molecule has 0 aliphatic rings. The molecule has 0 saturated carbocycles. The molecule has 0 aliphatic heterocycles. The van der Waals surface area contributed by atoms with Crippen molar-refractivity contribution in [2.24, 2.45) is 0 Å². The van der Waals surface area contributed by atoms with E-state index in [4.69, 9.17) is 23.2 Å². The lowest BCUT2D eigenvalue weighted by Crippen LogP contribution is -2.14. The fraction of sp³-hybridized carbons (Fsp3) is 0.286. The Morgan fingerprint density at radius 2 is 1.95 bits per heavy atom. The molecule has 0 aliphatic carbocycles. The number of benzene rings is 1. The maximum absolute atomic E-state index is 12.5. The van der Waals surface area contributed by atoms with Crippen molar-refractivity contribution >= 4 is 29.0 Å². The van der Waals surface area contributed by atoms with Crippen molar-refractivity contribution in [3.63, 3.8) is 0 Å². The molecule has 1 heterocycles. The van der Waals surface area contributed by atoms with Crippen LogP contribution >= 0.6 is 23.2 Å². The lowest BCUT2D eigenvalue weighted by Gasteiger charge is -2.11. The van der Waals surface area contributed by atoms with Crippen molar-refractivity contribution in [3.8, 4) is 0 Å². The van der Waals surface area contributed by atoms with E-state index in [-0.39, 0.29) is 11.8 Å². The fourth-order valence-corrected chi connectivity index (χ4v) is 2.20. The highest BCUT2D eigenvalue weighted by molar-refractivity contribution is 6.34. The Kier molecular flexibility index (Phi) is 3.97. The molecular weight excluding hydrogens is 283 g/mol. The number of carbonyl (C=O) groups is 1. The molecule has 0 bridgehead atoms. The van der Waals surface area contributed by atoms with E-state index < -0.39 is 0 Å². The van der Waals surface area contributed by atoms with Crippen molar-refractivity contribution < 1.29 is 4.79 Å². The molecule has 0 amide bonds. The summed E-state index contributed by atoms with van der Waals surface area (Å²) in [4.78, 5) is 12.5. The van der Waals surface area contributed by atoms with Gasteiger partial charge < -0.3 is 0 Å². The van der Waals surface area contributed by atoms with E-state index >= 15 is 0 Å². The summed E-state index contributed by atoms with van der Waals surface area (Å²) in [5.74, 6) is -0.143. The van der Waals surface area contributed by atoms with Crippen LogP contribution in [0.4, 0.5) is 0 Å². The molecule has 1 aromatic heterocycles. The van der Waals surface area contributed by atoms with Gasteiger partial charge >= 0.3 is 0 Å². The van der Waals surface area contributed by atoms with Crippen LogP contribution in [-0.2, 0) is 0 Å². The van der Waals surface area contributed by atoms with E-state index in [1.165, 1.54) is 6.20 Å². The van der Waals surface area contributed by atoms with Crippen molar-refractivity contribution in [2.75, 3.05) is 0 Å². The zero-order chi connectivity index (χ0) is 14.2. The first kappa shape index (κ1) is 14.1. The number of rotatable bonds is 3. The van der Waals surface area contributed by atoms with Crippen LogP contribution in [0.25, 0.3) is 0 Å². The topological polar surface area (TPSA) is 34.9 Å². The molecule has 2 aromatic rings. The average molecular weight is 297 g/mol. The molecular formula is C14H14Cl2N2O. The van der Waals surface area contributed by atoms with Crippen molar-refractivity contribution in [1.29, 1.82) is 0 Å². The molecule has 5 heteroatoms. The minimum atomic E-state index is -0.143. The van der Waals surface area contributed by atoms with Crippen LogP contribution in [0.15, 0.2) is 24.4 Å². The molecule has 19 heavy (non-hydrogen) atoms. The van der Waals surface area contributed by atoms with E-state index in [1.807, 2.05) is 20.8 Å². The largest absolute Gasteiger partial charge is 0.287 e. The van der Waals surface area contributed by atoms with Gasteiger partial charge in [0.05, 0.1) is 11.2 Å². The normalized spacial score (nSPS) is 11.1. The molecule has 0 saturated heterocycles. The van der Waals surface area contributed by atoms with Crippen LogP contribution in [-0.4, -0.2) is 15.6 Å². The Balaban J connectivity index is 2.49. The zero-order valence-corrected chi connectivity index (χ0v) is 12.5. The van der Waals surface area contributed by atoms with Gasteiger partial charge in [-0.15, -0.1) is 0 Å². The van der Waals surface area contributed by atoms with Crippen LogP contribution in [0.5, 0.6) is 0 Å². The van der Waals surface area contributed by atoms with E-state index in [1.54, 1.807) is 22.9 Å². The molecule has 0 radical (unpaired) electrons. The van der Waals surface area contributed by atoms with Gasteiger partial charge in [-0.3, -0.25) is 9.48 Å². The van der Waals surface area contributed by atoms with Crippen molar-refractivity contribution in [2.45, 2.75) is 26.8 Å². The Morgan fingerprint density at radius 3 is 2.53 bits per heavy atom. The lowest BCUT2D eigenvalue weighted by atomic mass is 10.1. The highest BCUT2D eigenvalue weighted by Gasteiger charge is 2.20. The number of carbonyl (C=O) groups excluding carboxylic acids is 1. The lowest BCUT2D eigenvalue weighted by molar-refractivity contribution is 0.102. The molecule has 1 aromatic carbocycles. The summed E-state index contributed by atoms with van der Waals surface area (Å²) in [5, 5.41) is 5.15. The number of aryl methyl sites for hydroxylation is 1. The summed E-state index contributed by atoms with van der Waals surface area (Å²) >= 11 is 12.0. The molecule has 2 rings (SSSR count). The standard InChI is InChI=1S/C14H14Cl2N2O/c1-8(2)18-13(12(16)7-17-18)14(19)10-4-5-11(15)9(3)6-10/h4-8H,1-3H3. The van der Waals surface area contributed by atoms with E-state index in [9.17, 15) is 4.79 Å². The SMILES string of the molecule is Cc1cc(C(=O)c2c(Cl)cnn2C(C)C)ccc1Cl. The summed E-state index contributed by atoms with van der Waals surface area (Å²) in [5.41, 5.74) is 1.84. The van der Waals surface area contributed by atoms with Gasteiger partial charge in [-0.2, -0.15) is 5.10 Å². The summed E-state index contributed by atoms with van der Waals surface area (Å²) < 4.78 is 1.63. The van der Waals surface area contributed by atoms with Gasteiger partial charge in [-0.25, -0.2) is 0 Å². The Morgan fingerprint density at radius 1 is 1.26 bits per heavy atom. The Labute approximate surface area is 122 Å². The van der Waals surface area contributed by atoms with Gasteiger partial charge in [-0.1, -0.05) is 23.2 Å². The van der Waals surface area contributed by atoms with Gasteiger partial charge in [-0.05, 0) is 44.5 Å². The number of halogens is 2. The molecule has 0 N–H and O–H groups in total. The number of nitrogens with zero attached hydrogens (tertiary/aromatic N) is 2. The second-order valence-corrected chi connectivity index (χ2v) is 5.49. The monoisotopic (exact) mass is 296 g/mol. The molecule has 100 valence electrons. The third kappa shape index (κ3) is 2.67. The summed E-state index contributed by atoms with van der Waals surface area (Å²) in [6.45, 7) is 5.76. The highest BCUT2D eigenvalue weighted by atomic mass is 35.5. The Hall–Kier alpha value is -1.32. The van der Waals surface area contributed by atoms with Crippen LogP contribution in [0.1, 0.15) is 41.5 Å². The highest BCUT2D eigenvalue weighted by Crippen LogP contribution is 2.24. The molecule has 0 fully saturated rings. The van der Waals surface area contributed by atoms with Gasteiger partial charge in [0.1, 0.15) is 5.69 Å². The first-order valence-corrected chi connectivity index (χ1v) is 6.71. The van der Waals surface area contributed by atoms with Crippen LogP contribution in [0.3, 0.4) is 0 Å². The average Bonchev–Trinajstić information content (AvgIpc) is 2.74. The number of ketones is 1. The second-order valence-electron chi connectivity index (χ2n) is 4.67. The van der Waals surface area contributed by atoms with E-state index in [2.05, 4.69) is 5.10 Å². The predicted molar refractivity (Wildman–Crippen MR) is 77.2 cm³/mol. The zero-order valence-electron chi connectivity index (χ0n) is 10.9. The predicted octanol–water partition coefficient (Wildman–Crippen LogP) is 4.31. The molecule has 0 spiro atoms. The van der Waals surface area contributed by atoms with Gasteiger partial charge in [0.2, 0.25) is 5.78 Å². The van der Waals surface area contributed by atoms with Gasteiger partial charge in [0.15, 0.2) is 0 Å². The maximum Gasteiger partial charge on any atom is 0.212 e. The quantitative estimate of drug-likeness (QED) is 0.791. The van der Waals surface area contributed by atoms with Gasteiger partial charge in [0.25, 0.3) is 0 Å². The van der Waals surface area contributed by atoms with Crippen LogP contribution < -0.4 is 0 Å². The first-order chi connectivity index (χ1) is 8.91. The van der Waals surface area contributed by atoms with E-state index in [0.29, 0.717) is 21.3 Å². The second kappa shape index (κ2) is 5.35. The van der Waals surface area contributed by atoms with E-state index in [0.717, 1.165) is 5.56 Å². The third-order valence-corrected chi connectivity index (χ3v) is 3.58. The minimum Gasteiger partial charge on any atom is -0.287 e. The third-order valence-electron chi connectivity index (χ3n) is 2.88.